The predicted molar refractivity (Wildman–Crippen MR) is 109 cm³/mol. The van der Waals surface area contributed by atoms with E-state index < -0.39 is 21.9 Å². The number of aromatic hydroxyl groups is 1. The molecule has 0 aliphatic heterocycles. The number of primary amides is 2. The number of urea groups is 2. The highest BCUT2D eigenvalue weighted by Gasteiger charge is 2.16. The molecule has 0 aromatic heterocycles. The van der Waals surface area contributed by atoms with E-state index in [2.05, 4.69) is 22.1 Å². The number of amides is 4. The van der Waals surface area contributed by atoms with Gasteiger partial charge in [0.05, 0.1) is 32.1 Å². The fourth-order valence-corrected chi connectivity index (χ4v) is 3.11. The van der Waals surface area contributed by atoms with E-state index in [4.69, 9.17) is 28.0 Å². The molecule has 0 atom stereocenters. The number of benzene rings is 2. The Balaban J connectivity index is 0.000000892. The summed E-state index contributed by atoms with van der Waals surface area (Å²) in [7, 11) is -3.47. The number of hydrogen-bond acceptors (Lipinski definition) is 5. The van der Waals surface area contributed by atoms with E-state index in [0.717, 1.165) is 0 Å². The van der Waals surface area contributed by atoms with Gasteiger partial charge in [-0.2, -0.15) is 0 Å². The van der Waals surface area contributed by atoms with Gasteiger partial charge in [0.15, 0.2) is 9.84 Å². The highest BCUT2D eigenvalue weighted by Crippen LogP contribution is 2.30. The van der Waals surface area contributed by atoms with Gasteiger partial charge in [0.25, 0.3) is 0 Å². The van der Waals surface area contributed by atoms with E-state index in [1.807, 2.05) is 0 Å². The van der Waals surface area contributed by atoms with Crippen LogP contribution in [-0.4, -0.2) is 31.3 Å². The summed E-state index contributed by atoms with van der Waals surface area (Å²) in [6.45, 7) is 1.50. The molecule has 2 aromatic carbocycles. The van der Waals surface area contributed by atoms with Gasteiger partial charge < -0.3 is 27.2 Å². The molecule has 0 saturated carbocycles. The zero-order valence-electron chi connectivity index (χ0n) is 14.6. The van der Waals surface area contributed by atoms with Gasteiger partial charge >= 0.3 is 12.1 Å². The second-order valence-corrected chi connectivity index (χ2v) is 8.23. The van der Waals surface area contributed by atoms with Gasteiger partial charge in [0, 0.05) is 0 Å². The van der Waals surface area contributed by atoms with E-state index in [1.54, 1.807) is 18.2 Å². The summed E-state index contributed by atoms with van der Waals surface area (Å²) in [6, 6.07) is 6.84. The average molecular weight is 449 g/mol. The van der Waals surface area contributed by atoms with E-state index in [0.29, 0.717) is 0 Å². The lowest BCUT2D eigenvalue weighted by atomic mass is 10.3. The van der Waals surface area contributed by atoms with Crippen LogP contribution >= 0.6 is 23.2 Å². The Labute approximate surface area is 171 Å². The molecule has 2 aromatic rings. The van der Waals surface area contributed by atoms with E-state index >= 15 is 0 Å². The number of hydrogen-bond donors (Lipinski definition) is 5. The number of sulfone groups is 1. The summed E-state index contributed by atoms with van der Waals surface area (Å²) in [6.07, 6.45) is 0. The minimum absolute atomic E-state index is 0.00103. The maximum absolute atomic E-state index is 12.0. The molecule has 0 aliphatic rings. The number of nitrogens with one attached hydrogen (secondary N) is 2. The van der Waals surface area contributed by atoms with Crippen molar-refractivity contribution in [2.75, 3.05) is 16.4 Å². The van der Waals surface area contributed by atoms with E-state index in [9.17, 15) is 18.3 Å². The zero-order chi connectivity index (χ0) is 21.5. The molecule has 12 heteroatoms. The normalized spacial score (nSPS) is 10.4. The van der Waals surface area contributed by atoms with Gasteiger partial charge in [0.2, 0.25) is 0 Å². The van der Waals surface area contributed by atoms with Crippen LogP contribution in [0.15, 0.2) is 41.3 Å². The van der Waals surface area contributed by atoms with Crippen LogP contribution in [0.25, 0.3) is 0 Å². The summed E-state index contributed by atoms with van der Waals surface area (Å²) in [5.74, 6) is -0.362. The molecular formula is C16H18Cl2N4O5S. The molecule has 2 rings (SSSR count). The second-order valence-electron chi connectivity index (χ2n) is 5.17. The standard InChI is InChI=1S/C15H14Cl2N2O4S.CH4N2O/c1-2-24(22,23)9-6-7-13(20)12(8-9)19-15(21)18-11-5-3-4-10(16)14(11)17;2-1(3)4/h3-8,20H,2H2,1H3,(H2,18,19,21);(H4,2,3,4). The first-order chi connectivity index (χ1) is 13.0. The van der Waals surface area contributed by atoms with Crippen LogP contribution in [0.1, 0.15) is 6.92 Å². The number of phenols is 1. The van der Waals surface area contributed by atoms with Crippen molar-refractivity contribution in [1.82, 2.24) is 0 Å². The van der Waals surface area contributed by atoms with Crippen LogP contribution in [0.2, 0.25) is 10.0 Å². The lowest BCUT2D eigenvalue weighted by Crippen LogP contribution is -2.20. The fourth-order valence-electron chi connectivity index (χ4n) is 1.85. The molecular weight excluding hydrogens is 431 g/mol. The van der Waals surface area contributed by atoms with Gasteiger partial charge in [-0.3, -0.25) is 0 Å². The van der Waals surface area contributed by atoms with Crippen molar-refractivity contribution in [3.8, 4) is 5.75 Å². The molecule has 4 amide bonds. The summed E-state index contributed by atoms with van der Waals surface area (Å²) < 4.78 is 23.8. The zero-order valence-corrected chi connectivity index (χ0v) is 16.9. The Morgan fingerprint density at radius 3 is 2.21 bits per heavy atom. The van der Waals surface area contributed by atoms with Crippen LogP contribution in [0.5, 0.6) is 5.75 Å². The number of anilines is 2. The molecule has 0 fully saturated rings. The summed E-state index contributed by atoms with van der Waals surface area (Å²) >= 11 is 11.8. The lowest BCUT2D eigenvalue weighted by Gasteiger charge is -2.12. The number of halogens is 2. The Bertz CT molecular complexity index is 979. The topological polar surface area (TPSA) is 165 Å². The Morgan fingerprint density at radius 1 is 1.07 bits per heavy atom. The van der Waals surface area contributed by atoms with Crippen LogP contribution in [0, 0.1) is 0 Å². The molecule has 0 bridgehead atoms. The predicted octanol–water partition coefficient (Wildman–Crippen LogP) is 3.16. The second kappa shape index (κ2) is 10.0. The van der Waals surface area contributed by atoms with Crippen LogP contribution in [0.4, 0.5) is 21.0 Å². The molecule has 0 spiro atoms. The number of carbonyl (C=O) groups is 2. The average Bonchev–Trinajstić information content (AvgIpc) is 2.60. The van der Waals surface area contributed by atoms with Gasteiger partial charge in [-0.25, -0.2) is 18.0 Å². The Hall–Kier alpha value is -2.69. The first kappa shape index (κ1) is 23.3. The smallest absolute Gasteiger partial charge is 0.323 e. The maximum Gasteiger partial charge on any atom is 0.323 e. The van der Waals surface area contributed by atoms with Gasteiger partial charge in [-0.1, -0.05) is 36.2 Å². The van der Waals surface area contributed by atoms with Crippen molar-refractivity contribution in [2.45, 2.75) is 11.8 Å². The third-order valence-electron chi connectivity index (χ3n) is 3.16. The summed E-state index contributed by atoms with van der Waals surface area (Å²) in [4.78, 5) is 21.0. The van der Waals surface area contributed by atoms with Gasteiger partial charge in [-0.15, -0.1) is 0 Å². The largest absolute Gasteiger partial charge is 0.506 e. The first-order valence-corrected chi connectivity index (χ1v) is 10.0. The van der Waals surface area contributed by atoms with E-state index in [1.165, 1.54) is 25.1 Å². The molecule has 9 nitrogen and oxygen atoms in total. The van der Waals surface area contributed by atoms with Crippen molar-refractivity contribution in [3.05, 3.63) is 46.4 Å². The van der Waals surface area contributed by atoms with Crippen molar-refractivity contribution in [2.24, 2.45) is 11.5 Å². The quantitative estimate of drug-likeness (QED) is 0.452. The molecule has 0 radical (unpaired) electrons. The molecule has 28 heavy (non-hydrogen) atoms. The molecule has 7 N–H and O–H groups in total. The molecule has 0 heterocycles. The minimum Gasteiger partial charge on any atom is -0.506 e. The number of carbonyl (C=O) groups excluding carboxylic acids is 2. The SMILES string of the molecule is CCS(=O)(=O)c1ccc(O)c(NC(=O)Nc2cccc(Cl)c2Cl)c1.NC(N)=O. The summed E-state index contributed by atoms with van der Waals surface area (Å²) in [5.41, 5.74) is 8.73. The highest BCUT2D eigenvalue weighted by molar-refractivity contribution is 7.91. The van der Waals surface area contributed by atoms with Crippen LogP contribution in [0.3, 0.4) is 0 Å². The summed E-state index contributed by atoms with van der Waals surface area (Å²) in [5, 5.41) is 15.1. The monoisotopic (exact) mass is 448 g/mol. The fraction of sp³-hybridized carbons (Fsp3) is 0.125. The third kappa shape index (κ3) is 6.80. The Morgan fingerprint density at radius 2 is 1.64 bits per heavy atom. The Kier molecular flexibility index (Phi) is 8.35. The van der Waals surface area contributed by atoms with Crippen molar-refractivity contribution in [3.63, 3.8) is 0 Å². The van der Waals surface area contributed by atoms with Gasteiger partial charge in [-0.05, 0) is 30.3 Å². The van der Waals surface area contributed by atoms with Crippen molar-refractivity contribution < 1.29 is 23.1 Å². The molecule has 0 saturated heterocycles. The lowest BCUT2D eigenvalue weighted by molar-refractivity contribution is 0.256. The van der Waals surface area contributed by atoms with Crippen LogP contribution < -0.4 is 22.1 Å². The molecule has 152 valence electrons. The van der Waals surface area contributed by atoms with E-state index in [-0.39, 0.29) is 37.8 Å². The third-order valence-corrected chi connectivity index (χ3v) is 5.71. The number of rotatable bonds is 4. The van der Waals surface area contributed by atoms with Crippen molar-refractivity contribution >= 4 is 56.5 Å². The van der Waals surface area contributed by atoms with Crippen molar-refractivity contribution in [1.29, 1.82) is 0 Å². The minimum atomic E-state index is -3.47. The van der Waals surface area contributed by atoms with Gasteiger partial charge in [0.1, 0.15) is 5.75 Å². The number of phenolic OH excluding ortho intramolecular Hbond substituents is 1. The number of nitrogens with two attached hydrogens (primary N) is 2. The molecule has 0 aliphatic carbocycles. The highest BCUT2D eigenvalue weighted by atomic mass is 35.5. The van der Waals surface area contributed by atoms with Crippen LogP contribution in [-0.2, 0) is 9.84 Å². The molecule has 0 unspecified atom stereocenters. The first-order valence-electron chi connectivity index (χ1n) is 7.60. The maximum atomic E-state index is 12.0.